The maximum Gasteiger partial charge on any atom is 0.321 e. The molecular formula is C21H26N4O2. The molecule has 4 rings (SSSR count). The van der Waals surface area contributed by atoms with Crippen molar-refractivity contribution in [3.63, 3.8) is 0 Å². The second kappa shape index (κ2) is 7.47. The molecule has 0 spiro atoms. The van der Waals surface area contributed by atoms with Crippen molar-refractivity contribution in [1.29, 1.82) is 0 Å². The first kappa shape index (κ1) is 17.6. The van der Waals surface area contributed by atoms with Crippen molar-refractivity contribution in [3.05, 3.63) is 47.8 Å². The second-order valence-electron chi connectivity index (χ2n) is 7.38. The maximum absolute atomic E-state index is 12.7. The number of anilines is 2. The topological polar surface area (TPSA) is 57.7 Å². The highest BCUT2D eigenvalue weighted by Crippen LogP contribution is 2.31. The highest BCUT2D eigenvalue weighted by molar-refractivity contribution is 5.89. The van der Waals surface area contributed by atoms with Gasteiger partial charge in [-0.15, -0.1) is 0 Å². The molecule has 2 amide bonds. The van der Waals surface area contributed by atoms with Crippen molar-refractivity contribution >= 4 is 17.4 Å². The Morgan fingerprint density at radius 3 is 2.96 bits per heavy atom. The standard InChI is InChI=1S/C21H26N4O2/c1-15-14-22-7-6-19(15)24-8-3-9-25(11-10-24)21(26)23-18-4-5-20-17(13-18)12-16(2)27-20/h4-7,13-14,16H,3,8-12H2,1-2H3,(H,23,26). The molecule has 0 bridgehead atoms. The van der Waals surface area contributed by atoms with Crippen molar-refractivity contribution < 1.29 is 9.53 Å². The van der Waals surface area contributed by atoms with E-state index < -0.39 is 0 Å². The smallest absolute Gasteiger partial charge is 0.321 e. The average molecular weight is 366 g/mol. The van der Waals surface area contributed by atoms with Crippen LogP contribution in [-0.2, 0) is 6.42 Å². The van der Waals surface area contributed by atoms with Crippen molar-refractivity contribution in [2.24, 2.45) is 0 Å². The number of amides is 2. The van der Waals surface area contributed by atoms with E-state index in [1.807, 2.05) is 35.5 Å². The Morgan fingerprint density at radius 2 is 2.11 bits per heavy atom. The fourth-order valence-electron chi connectivity index (χ4n) is 3.88. The zero-order chi connectivity index (χ0) is 18.8. The van der Waals surface area contributed by atoms with Crippen LogP contribution in [0.2, 0.25) is 0 Å². The molecule has 1 N–H and O–H groups in total. The van der Waals surface area contributed by atoms with Gasteiger partial charge in [0.05, 0.1) is 0 Å². The molecule has 0 aliphatic carbocycles. The van der Waals surface area contributed by atoms with Gasteiger partial charge in [0.25, 0.3) is 0 Å². The van der Waals surface area contributed by atoms with Crippen LogP contribution in [0.5, 0.6) is 5.75 Å². The molecule has 27 heavy (non-hydrogen) atoms. The van der Waals surface area contributed by atoms with Crippen LogP contribution in [0.15, 0.2) is 36.7 Å². The largest absolute Gasteiger partial charge is 0.490 e. The molecule has 6 heteroatoms. The summed E-state index contributed by atoms with van der Waals surface area (Å²) < 4.78 is 5.73. The summed E-state index contributed by atoms with van der Waals surface area (Å²) >= 11 is 0. The van der Waals surface area contributed by atoms with Crippen LogP contribution in [0.1, 0.15) is 24.5 Å². The number of pyridine rings is 1. The number of carbonyl (C=O) groups excluding carboxylic acids is 1. The fraction of sp³-hybridized carbons (Fsp3) is 0.429. The summed E-state index contributed by atoms with van der Waals surface area (Å²) in [5, 5.41) is 3.05. The van der Waals surface area contributed by atoms with E-state index in [2.05, 4.69) is 35.1 Å². The van der Waals surface area contributed by atoms with E-state index in [4.69, 9.17) is 4.74 Å². The Balaban J connectivity index is 1.39. The van der Waals surface area contributed by atoms with Gasteiger partial charge in [-0.25, -0.2) is 4.79 Å². The molecule has 1 saturated heterocycles. The molecule has 2 aliphatic rings. The number of aryl methyl sites for hydroxylation is 1. The summed E-state index contributed by atoms with van der Waals surface area (Å²) in [7, 11) is 0. The SMILES string of the molecule is Cc1cnccc1N1CCCN(C(=O)Nc2ccc3c(c2)CC(C)O3)CC1. The summed E-state index contributed by atoms with van der Waals surface area (Å²) in [4.78, 5) is 21.2. The number of hydrogen-bond donors (Lipinski definition) is 1. The molecule has 2 aliphatic heterocycles. The number of benzene rings is 1. The summed E-state index contributed by atoms with van der Waals surface area (Å²) in [5.41, 5.74) is 4.38. The zero-order valence-corrected chi connectivity index (χ0v) is 15.9. The minimum absolute atomic E-state index is 0.0322. The van der Waals surface area contributed by atoms with E-state index >= 15 is 0 Å². The van der Waals surface area contributed by atoms with Gasteiger partial charge in [0.2, 0.25) is 0 Å². The Bertz CT molecular complexity index is 839. The predicted octanol–water partition coefficient (Wildman–Crippen LogP) is 3.46. The van der Waals surface area contributed by atoms with Gasteiger partial charge in [0, 0.05) is 56.4 Å². The molecule has 6 nitrogen and oxygen atoms in total. The number of rotatable bonds is 2. The number of carbonyl (C=O) groups is 1. The molecule has 1 aromatic carbocycles. The Kier molecular flexibility index (Phi) is 4.88. The van der Waals surface area contributed by atoms with Crippen LogP contribution in [0.3, 0.4) is 0 Å². The molecule has 1 fully saturated rings. The quantitative estimate of drug-likeness (QED) is 0.884. The number of urea groups is 1. The van der Waals surface area contributed by atoms with Gasteiger partial charge in [-0.3, -0.25) is 4.98 Å². The number of fused-ring (bicyclic) bond motifs is 1. The Labute approximate surface area is 160 Å². The monoisotopic (exact) mass is 366 g/mol. The summed E-state index contributed by atoms with van der Waals surface area (Å²) in [5.74, 6) is 0.929. The van der Waals surface area contributed by atoms with Crippen molar-refractivity contribution in [2.75, 3.05) is 36.4 Å². The number of nitrogens with zero attached hydrogens (tertiary/aromatic N) is 3. The third-order valence-electron chi connectivity index (χ3n) is 5.26. The number of ether oxygens (including phenoxy) is 1. The highest BCUT2D eigenvalue weighted by atomic mass is 16.5. The van der Waals surface area contributed by atoms with Crippen LogP contribution in [-0.4, -0.2) is 48.2 Å². The lowest BCUT2D eigenvalue weighted by Gasteiger charge is -2.25. The number of hydrogen-bond acceptors (Lipinski definition) is 4. The van der Waals surface area contributed by atoms with Crippen LogP contribution in [0.4, 0.5) is 16.2 Å². The van der Waals surface area contributed by atoms with Gasteiger partial charge < -0.3 is 19.9 Å². The van der Waals surface area contributed by atoms with E-state index in [0.29, 0.717) is 6.54 Å². The number of aromatic nitrogens is 1. The van der Waals surface area contributed by atoms with Gasteiger partial charge in [-0.05, 0) is 55.7 Å². The van der Waals surface area contributed by atoms with Crippen molar-refractivity contribution in [2.45, 2.75) is 32.8 Å². The highest BCUT2D eigenvalue weighted by Gasteiger charge is 2.22. The first-order chi connectivity index (χ1) is 13.1. The van der Waals surface area contributed by atoms with E-state index in [0.717, 1.165) is 49.5 Å². The third-order valence-corrected chi connectivity index (χ3v) is 5.26. The van der Waals surface area contributed by atoms with Crippen molar-refractivity contribution in [3.8, 4) is 5.75 Å². The first-order valence-electron chi connectivity index (χ1n) is 9.61. The number of nitrogens with one attached hydrogen (secondary N) is 1. The second-order valence-corrected chi connectivity index (χ2v) is 7.38. The molecule has 3 heterocycles. The van der Waals surface area contributed by atoms with E-state index in [1.165, 1.54) is 11.3 Å². The predicted molar refractivity (Wildman–Crippen MR) is 107 cm³/mol. The molecule has 2 aromatic rings. The van der Waals surface area contributed by atoms with Crippen LogP contribution < -0.4 is 15.0 Å². The van der Waals surface area contributed by atoms with E-state index in [-0.39, 0.29) is 12.1 Å². The van der Waals surface area contributed by atoms with E-state index in [1.54, 1.807) is 0 Å². The summed E-state index contributed by atoms with van der Waals surface area (Å²) in [6.45, 7) is 7.38. The maximum atomic E-state index is 12.7. The molecule has 142 valence electrons. The first-order valence-corrected chi connectivity index (χ1v) is 9.61. The lowest BCUT2D eigenvalue weighted by atomic mass is 10.1. The zero-order valence-electron chi connectivity index (χ0n) is 15.9. The lowest BCUT2D eigenvalue weighted by Crippen LogP contribution is -2.38. The Hall–Kier alpha value is -2.76. The van der Waals surface area contributed by atoms with Crippen LogP contribution >= 0.6 is 0 Å². The minimum Gasteiger partial charge on any atom is -0.490 e. The third kappa shape index (κ3) is 3.84. The molecule has 0 radical (unpaired) electrons. The summed E-state index contributed by atoms with van der Waals surface area (Å²) in [6, 6.07) is 7.92. The average Bonchev–Trinajstić information content (AvgIpc) is 2.86. The Morgan fingerprint density at radius 1 is 1.22 bits per heavy atom. The van der Waals surface area contributed by atoms with Gasteiger partial charge in [0.15, 0.2) is 0 Å². The molecular weight excluding hydrogens is 340 g/mol. The van der Waals surface area contributed by atoms with E-state index in [9.17, 15) is 4.79 Å². The van der Waals surface area contributed by atoms with Crippen molar-refractivity contribution in [1.82, 2.24) is 9.88 Å². The molecule has 1 unspecified atom stereocenters. The molecule has 0 saturated carbocycles. The summed E-state index contributed by atoms with van der Waals surface area (Å²) in [6.07, 6.45) is 5.77. The normalized spacial score (nSPS) is 19.3. The minimum atomic E-state index is -0.0322. The lowest BCUT2D eigenvalue weighted by molar-refractivity contribution is 0.215. The van der Waals surface area contributed by atoms with Gasteiger partial charge in [0.1, 0.15) is 11.9 Å². The van der Waals surface area contributed by atoms with Gasteiger partial charge >= 0.3 is 6.03 Å². The van der Waals surface area contributed by atoms with Crippen LogP contribution in [0, 0.1) is 6.92 Å². The fourth-order valence-corrected chi connectivity index (χ4v) is 3.88. The molecule has 1 atom stereocenters. The van der Waals surface area contributed by atoms with Gasteiger partial charge in [-0.2, -0.15) is 0 Å². The van der Waals surface area contributed by atoms with Gasteiger partial charge in [-0.1, -0.05) is 0 Å². The van der Waals surface area contributed by atoms with Crippen LogP contribution in [0.25, 0.3) is 0 Å². The molecule has 1 aromatic heterocycles.